The maximum absolute atomic E-state index is 12.1. The number of para-hydroxylation sites is 1. The highest BCUT2D eigenvalue weighted by Gasteiger charge is 2.12. The first-order valence-corrected chi connectivity index (χ1v) is 7.94. The largest absolute Gasteiger partial charge is 0.496 e. The van der Waals surface area contributed by atoms with E-state index in [0.717, 1.165) is 5.56 Å². The Morgan fingerprint density at radius 3 is 2.62 bits per heavy atom. The molecule has 0 spiro atoms. The number of hydrogen-bond acceptors (Lipinski definition) is 6. The van der Waals surface area contributed by atoms with Gasteiger partial charge in [0.1, 0.15) is 5.75 Å². The number of carbonyl (C=O) groups is 2. The summed E-state index contributed by atoms with van der Waals surface area (Å²) in [4.78, 5) is 32.3. The van der Waals surface area contributed by atoms with Crippen molar-refractivity contribution in [1.82, 2.24) is 15.3 Å². The molecule has 3 aromatic rings. The van der Waals surface area contributed by atoms with E-state index in [1.54, 1.807) is 37.7 Å². The lowest BCUT2D eigenvalue weighted by Gasteiger charge is -2.10. The third-order valence-electron chi connectivity index (χ3n) is 3.71. The number of benzene rings is 2. The van der Waals surface area contributed by atoms with Gasteiger partial charge in [0.25, 0.3) is 5.91 Å². The van der Waals surface area contributed by atoms with Crippen LogP contribution in [0.3, 0.4) is 0 Å². The molecule has 0 bridgehead atoms. The summed E-state index contributed by atoms with van der Waals surface area (Å²) in [7, 11) is 1.57. The van der Waals surface area contributed by atoms with Gasteiger partial charge in [-0.3, -0.25) is 14.8 Å². The Morgan fingerprint density at radius 1 is 1.04 bits per heavy atom. The number of esters is 1. The highest BCUT2D eigenvalue weighted by Crippen LogP contribution is 2.16. The first kappa shape index (κ1) is 17.3. The van der Waals surface area contributed by atoms with E-state index < -0.39 is 11.9 Å². The number of nitrogens with one attached hydrogen (secondary N) is 1. The van der Waals surface area contributed by atoms with E-state index in [4.69, 9.17) is 9.47 Å². The van der Waals surface area contributed by atoms with E-state index in [1.807, 2.05) is 24.3 Å². The molecular weight excluding hydrogens is 334 g/mol. The van der Waals surface area contributed by atoms with Crippen LogP contribution in [0.5, 0.6) is 5.75 Å². The molecule has 1 heterocycles. The third-order valence-corrected chi connectivity index (χ3v) is 3.71. The summed E-state index contributed by atoms with van der Waals surface area (Å²) < 4.78 is 10.3. The lowest BCUT2D eigenvalue weighted by molar-refractivity contribution is -0.124. The molecule has 0 unspecified atom stereocenters. The van der Waals surface area contributed by atoms with Gasteiger partial charge in [-0.2, -0.15) is 0 Å². The molecule has 2 aromatic carbocycles. The Balaban J connectivity index is 1.54. The Morgan fingerprint density at radius 2 is 1.81 bits per heavy atom. The quantitative estimate of drug-likeness (QED) is 0.684. The predicted molar refractivity (Wildman–Crippen MR) is 94.7 cm³/mol. The monoisotopic (exact) mass is 351 g/mol. The zero-order chi connectivity index (χ0) is 18.4. The van der Waals surface area contributed by atoms with Gasteiger partial charge in [0, 0.05) is 24.5 Å². The SMILES string of the molecule is COc1ccccc1CNC(=O)COC(=O)c1ccc2nccnc2c1. The van der Waals surface area contributed by atoms with Crippen molar-refractivity contribution >= 4 is 22.9 Å². The van der Waals surface area contributed by atoms with Crippen molar-refractivity contribution in [2.24, 2.45) is 0 Å². The summed E-state index contributed by atoms with van der Waals surface area (Å²) in [6.07, 6.45) is 3.12. The second-order valence-electron chi connectivity index (χ2n) is 5.42. The van der Waals surface area contributed by atoms with E-state index >= 15 is 0 Å². The van der Waals surface area contributed by atoms with Crippen LogP contribution in [0.4, 0.5) is 0 Å². The van der Waals surface area contributed by atoms with Crippen molar-refractivity contribution in [2.45, 2.75) is 6.54 Å². The summed E-state index contributed by atoms with van der Waals surface area (Å²) in [5.41, 5.74) is 2.42. The van der Waals surface area contributed by atoms with Gasteiger partial charge in [0.15, 0.2) is 6.61 Å². The molecule has 1 amide bonds. The smallest absolute Gasteiger partial charge is 0.338 e. The second kappa shape index (κ2) is 8.06. The lowest BCUT2D eigenvalue weighted by atomic mass is 10.2. The lowest BCUT2D eigenvalue weighted by Crippen LogP contribution is -2.28. The number of carbonyl (C=O) groups excluding carboxylic acids is 2. The van der Waals surface area contributed by atoms with Crippen LogP contribution in [-0.2, 0) is 16.1 Å². The number of fused-ring (bicyclic) bond motifs is 1. The maximum atomic E-state index is 12.1. The number of aromatic nitrogens is 2. The predicted octanol–water partition coefficient (Wildman–Crippen LogP) is 2.11. The van der Waals surface area contributed by atoms with Gasteiger partial charge in [0.05, 0.1) is 23.7 Å². The van der Waals surface area contributed by atoms with Crippen molar-refractivity contribution in [3.8, 4) is 5.75 Å². The Hall–Kier alpha value is -3.48. The van der Waals surface area contributed by atoms with Gasteiger partial charge < -0.3 is 14.8 Å². The van der Waals surface area contributed by atoms with Crippen molar-refractivity contribution in [2.75, 3.05) is 13.7 Å². The molecule has 1 N–H and O–H groups in total. The second-order valence-corrected chi connectivity index (χ2v) is 5.42. The van der Waals surface area contributed by atoms with Crippen LogP contribution in [0.15, 0.2) is 54.9 Å². The molecule has 7 heteroatoms. The van der Waals surface area contributed by atoms with E-state index in [9.17, 15) is 9.59 Å². The molecule has 0 aliphatic rings. The van der Waals surface area contributed by atoms with Gasteiger partial charge >= 0.3 is 5.97 Å². The summed E-state index contributed by atoms with van der Waals surface area (Å²) in [6, 6.07) is 12.2. The number of nitrogens with zero attached hydrogens (tertiary/aromatic N) is 2. The van der Waals surface area contributed by atoms with Gasteiger partial charge in [-0.15, -0.1) is 0 Å². The van der Waals surface area contributed by atoms with Crippen LogP contribution in [0.25, 0.3) is 11.0 Å². The molecule has 132 valence electrons. The van der Waals surface area contributed by atoms with Crippen LogP contribution in [0.1, 0.15) is 15.9 Å². The summed E-state index contributed by atoms with van der Waals surface area (Å²) in [6.45, 7) is -0.0849. The molecule has 0 fully saturated rings. The summed E-state index contributed by atoms with van der Waals surface area (Å²) >= 11 is 0. The van der Waals surface area contributed by atoms with E-state index in [1.165, 1.54) is 0 Å². The maximum Gasteiger partial charge on any atom is 0.338 e. The van der Waals surface area contributed by atoms with E-state index in [2.05, 4.69) is 15.3 Å². The number of ether oxygens (including phenoxy) is 2. The normalized spacial score (nSPS) is 10.3. The number of rotatable bonds is 6. The fourth-order valence-corrected chi connectivity index (χ4v) is 2.40. The fraction of sp³-hybridized carbons (Fsp3) is 0.158. The molecule has 0 saturated carbocycles. The molecule has 1 aromatic heterocycles. The molecule has 7 nitrogen and oxygen atoms in total. The van der Waals surface area contributed by atoms with Crippen molar-refractivity contribution in [3.05, 3.63) is 66.0 Å². The minimum Gasteiger partial charge on any atom is -0.496 e. The van der Waals surface area contributed by atoms with Gasteiger partial charge in [-0.1, -0.05) is 18.2 Å². The molecule has 26 heavy (non-hydrogen) atoms. The first-order valence-electron chi connectivity index (χ1n) is 7.94. The molecule has 0 aliphatic heterocycles. The summed E-state index contributed by atoms with van der Waals surface area (Å²) in [5, 5.41) is 2.69. The standard InChI is InChI=1S/C19H17N3O4/c1-25-17-5-3-2-4-14(17)11-22-18(23)12-26-19(24)13-6-7-15-16(10-13)21-9-8-20-15/h2-10H,11-12H2,1H3,(H,22,23). The number of methoxy groups -OCH3 is 1. The van der Waals surface area contributed by atoms with Crippen LogP contribution in [0.2, 0.25) is 0 Å². The molecular formula is C19H17N3O4. The molecule has 0 radical (unpaired) electrons. The summed E-state index contributed by atoms with van der Waals surface area (Å²) in [5.74, 6) is -0.308. The zero-order valence-electron chi connectivity index (χ0n) is 14.1. The molecule has 0 atom stereocenters. The average molecular weight is 351 g/mol. The van der Waals surface area contributed by atoms with Crippen LogP contribution in [-0.4, -0.2) is 35.6 Å². The molecule has 0 saturated heterocycles. The van der Waals surface area contributed by atoms with Crippen molar-refractivity contribution in [3.63, 3.8) is 0 Å². The topological polar surface area (TPSA) is 90.4 Å². The van der Waals surface area contributed by atoms with Gasteiger partial charge in [-0.05, 0) is 24.3 Å². The van der Waals surface area contributed by atoms with Crippen LogP contribution < -0.4 is 10.1 Å². The van der Waals surface area contributed by atoms with Gasteiger partial charge in [-0.25, -0.2) is 4.79 Å². The minimum atomic E-state index is -0.593. The Kier molecular flexibility index (Phi) is 5.38. The average Bonchev–Trinajstić information content (AvgIpc) is 2.70. The first-order chi connectivity index (χ1) is 12.7. The van der Waals surface area contributed by atoms with Crippen molar-refractivity contribution in [1.29, 1.82) is 0 Å². The molecule has 3 rings (SSSR count). The Labute approximate surface area is 150 Å². The van der Waals surface area contributed by atoms with Crippen LogP contribution in [0, 0.1) is 0 Å². The van der Waals surface area contributed by atoms with Crippen LogP contribution >= 0.6 is 0 Å². The van der Waals surface area contributed by atoms with E-state index in [0.29, 0.717) is 22.3 Å². The van der Waals surface area contributed by atoms with Gasteiger partial charge in [0.2, 0.25) is 0 Å². The number of hydrogen-bond donors (Lipinski definition) is 1. The number of amides is 1. The van der Waals surface area contributed by atoms with E-state index in [-0.39, 0.29) is 13.2 Å². The third kappa shape index (κ3) is 4.13. The molecule has 0 aliphatic carbocycles. The Bertz CT molecular complexity index is 943. The zero-order valence-corrected chi connectivity index (χ0v) is 14.1. The highest BCUT2D eigenvalue weighted by molar-refractivity contribution is 5.94. The highest BCUT2D eigenvalue weighted by atomic mass is 16.5. The minimum absolute atomic E-state index is 0.284. The fourth-order valence-electron chi connectivity index (χ4n) is 2.40. The van der Waals surface area contributed by atoms with Crippen molar-refractivity contribution < 1.29 is 19.1 Å².